The van der Waals surface area contributed by atoms with Crippen molar-refractivity contribution in [2.45, 2.75) is 52.7 Å². The minimum atomic E-state index is 0.277. The van der Waals surface area contributed by atoms with Crippen LogP contribution >= 0.6 is 0 Å². The Kier molecular flexibility index (Phi) is 2.86. The maximum Gasteiger partial charge on any atom is 0.142 e. The second kappa shape index (κ2) is 4.20. The van der Waals surface area contributed by atoms with E-state index in [4.69, 9.17) is 10.5 Å². The summed E-state index contributed by atoms with van der Waals surface area (Å²) in [6, 6.07) is 3.92. The second-order valence-electron chi connectivity index (χ2n) is 6.87. The summed E-state index contributed by atoms with van der Waals surface area (Å²) in [5, 5.41) is 0. The molecule has 2 aliphatic carbocycles. The Morgan fingerprint density at radius 2 is 2.21 bits per heavy atom. The normalized spacial score (nSPS) is 35.6. The van der Waals surface area contributed by atoms with E-state index in [0.717, 1.165) is 17.4 Å². The smallest absolute Gasteiger partial charge is 0.142 e. The van der Waals surface area contributed by atoms with Gasteiger partial charge >= 0.3 is 0 Å². The Hall–Kier alpha value is -1.09. The van der Waals surface area contributed by atoms with Crippen molar-refractivity contribution in [1.82, 2.24) is 4.98 Å². The van der Waals surface area contributed by atoms with Crippen LogP contribution in [-0.2, 0) is 6.54 Å². The Morgan fingerprint density at radius 1 is 1.42 bits per heavy atom. The molecule has 3 heteroatoms. The molecule has 3 rings (SSSR count). The van der Waals surface area contributed by atoms with Crippen LogP contribution in [0.2, 0.25) is 0 Å². The predicted octanol–water partition coefficient (Wildman–Crippen LogP) is 3.13. The highest BCUT2D eigenvalue weighted by molar-refractivity contribution is 5.28. The quantitative estimate of drug-likeness (QED) is 0.908. The van der Waals surface area contributed by atoms with Crippen molar-refractivity contribution in [3.8, 4) is 5.75 Å². The molecule has 0 aliphatic heterocycles. The van der Waals surface area contributed by atoms with Gasteiger partial charge in [0.15, 0.2) is 0 Å². The molecule has 2 fully saturated rings. The molecule has 2 bridgehead atoms. The first kappa shape index (κ1) is 12.9. The zero-order valence-corrected chi connectivity index (χ0v) is 12.1. The number of fused-ring (bicyclic) bond motifs is 2. The van der Waals surface area contributed by atoms with Crippen LogP contribution < -0.4 is 10.5 Å². The first-order valence-electron chi connectivity index (χ1n) is 7.29. The van der Waals surface area contributed by atoms with Gasteiger partial charge in [0.05, 0.1) is 5.69 Å². The van der Waals surface area contributed by atoms with Crippen LogP contribution in [0, 0.1) is 16.7 Å². The second-order valence-corrected chi connectivity index (χ2v) is 6.87. The summed E-state index contributed by atoms with van der Waals surface area (Å²) in [5.74, 6) is 1.67. The van der Waals surface area contributed by atoms with E-state index >= 15 is 0 Å². The Morgan fingerprint density at radius 3 is 2.79 bits per heavy atom. The zero-order chi connectivity index (χ0) is 13.7. The van der Waals surface area contributed by atoms with Crippen LogP contribution in [0.1, 0.15) is 45.7 Å². The van der Waals surface area contributed by atoms with Gasteiger partial charge in [-0.15, -0.1) is 0 Å². The van der Waals surface area contributed by atoms with Gasteiger partial charge in [0.1, 0.15) is 11.9 Å². The van der Waals surface area contributed by atoms with Crippen molar-refractivity contribution >= 4 is 0 Å². The zero-order valence-electron chi connectivity index (χ0n) is 12.1. The first-order chi connectivity index (χ1) is 8.99. The fourth-order valence-corrected chi connectivity index (χ4v) is 4.15. The van der Waals surface area contributed by atoms with Gasteiger partial charge in [0.25, 0.3) is 0 Å². The highest BCUT2D eigenvalue weighted by Gasteiger charge is 2.62. The lowest BCUT2D eigenvalue weighted by Crippen LogP contribution is -2.39. The monoisotopic (exact) mass is 260 g/mol. The topological polar surface area (TPSA) is 48.1 Å². The molecule has 104 valence electrons. The van der Waals surface area contributed by atoms with Crippen LogP contribution in [0.5, 0.6) is 5.75 Å². The average Bonchev–Trinajstić information content (AvgIpc) is 2.72. The lowest BCUT2D eigenvalue weighted by atomic mass is 9.70. The third-order valence-electron chi connectivity index (χ3n) is 6.02. The lowest BCUT2D eigenvalue weighted by Gasteiger charge is -2.39. The summed E-state index contributed by atoms with van der Waals surface area (Å²) < 4.78 is 6.33. The molecule has 2 aliphatic rings. The summed E-state index contributed by atoms with van der Waals surface area (Å²) >= 11 is 0. The number of hydrogen-bond acceptors (Lipinski definition) is 3. The van der Waals surface area contributed by atoms with E-state index in [-0.39, 0.29) is 5.41 Å². The van der Waals surface area contributed by atoms with E-state index in [1.165, 1.54) is 19.3 Å². The van der Waals surface area contributed by atoms with Crippen molar-refractivity contribution in [2.24, 2.45) is 22.5 Å². The van der Waals surface area contributed by atoms with Crippen LogP contribution in [0.25, 0.3) is 0 Å². The van der Waals surface area contributed by atoms with Crippen LogP contribution in [0.3, 0.4) is 0 Å². The number of nitrogens with two attached hydrogens (primary N) is 1. The highest BCUT2D eigenvalue weighted by Crippen LogP contribution is 2.66. The van der Waals surface area contributed by atoms with Crippen molar-refractivity contribution in [3.05, 3.63) is 24.0 Å². The minimum Gasteiger partial charge on any atom is -0.488 e. The van der Waals surface area contributed by atoms with E-state index in [1.807, 2.05) is 12.1 Å². The summed E-state index contributed by atoms with van der Waals surface area (Å²) in [7, 11) is 0. The molecule has 0 amide bonds. The van der Waals surface area contributed by atoms with Gasteiger partial charge in [0, 0.05) is 18.2 Å². The molecule has 3 unspecified atom stereocenters. The lowest BCUT2D eigenvalue weighted by molar-refractivity contribution is 0.0293. The predicted molar refractivity (Wildman–Crippen MR) is 75.8 cm³/mol. The molecule has 1 aromatic heterocycles. The molecule has 0 saturated heterocycles. The fourth-order valence-electron chi connectivity index (χ4n) is 4.15. The molecule has 0 aromatic carbocycles. The van der Waals surface area contributed by atoms with Gasteiger partial charge in [-0.2, -0.15) is 0 Å². The summed E-state index contributed by atoms with van der Waals surface area (Å²) in [5.41, 5.74) is 7.27. The Balaban J connectivity index is 1.86. The standard InChI is InChI=1S/C16H24N2O/c1-15(2)11-6-7-16(15,3)14(9-11)19-13-5-4-8-18-12(13)10-17/h4-5,8,11,14H,6-7,9-10,17H2,1-3H3. The van der Waals surface area contributed by atoms with E-state index in [9.17, 15) is 0 Å². The molecule has 19 heavy (non-hydrogen) atoms. The molecule has 0 spiro atoms. The maximum atomic E-state index is 6.33. The number of pyridine rings is 1. The number of rotatable bonds is 3. The molecule has 2 N–H and O–H groups in total. The maximum absolute atomic E-state index is 6.33. The molecular weight excluding hydrogens is 236 g/mol. The molecule has 0 radical (unpaired) electrons. The van der Waals surface area contributed by atoms with Crippen LogP contribution in [-0.4, -0.2) is 11.1 Å². The minimum absolute atomic E-state index is 0.277. The molecule has 3 nitrogen and oxygen atoms in total. The van der Waals surface area contributed by atoms with Crippen molar-refractivity contribution in [2.75, 3.05) is 0 Å². The van der Waals surface area contributed by atoms with Gasteiger partial charge < -0.3 is 10.5 Å². The van der Waals surface area contributed by atoms with Gasteiger partial charge in [-0.25, -0.2) is 0 Å². The molecule has 1 aromatic rings. The molecule has 1 heterocycles. The third-order valence-corrected chi connectivity index (χ3v) is 6.02. The number of ether oxygens (including phenoxy) is 1. The van der Waals surface area contributed by atoms with E-state index in [2.05, 4.69) is 25.8 Å². The van der Waals surface area contributed by atoms with Crippen LogP contribution in [0.15, 0.2) is 18.3 Å². The Labute approximate surface area is 115 Å². The number of hydrogen-bond donors (Lipinski definition) is 1. The number of nitrogens with zero attached hydrogens (tertiary/aromatic N) is 1. The molecule has 2 saturated carbocycles. The van der Waals surface area contributed by atoms with Crippen molar-refractivity contribution in [3.63, 3.8) is 0 Å². The van der Waals surface area contributed by atoms with Gasteiger partial charge in [-0.1, -0.05) is 20.8 Å². The van der Waals surface area contributed by atoms with Crippen molar-refractivity contribution < 1.29 is 4.74 Å². The van der Waals surface area contributed by atoms with Crippen molar-refractivity contribution in [1.29, 1.82) is 0 Å². The summed E-state index contributed by atoms with van der Waals surface area (Å²) in [4.78, 5) is 4.31. The van der Waals surface area contributed by atoms with Gasteiger partial charge in [0.2, 0.25) is 0 Å². The molecular formula is C16H24N2O. The number of aromatic nitrogens is 1. The fraction of sp³-hybridized carbons (Fsp3) is 0.688. The first-order valence-corrected chi connectivity index (χ1v) is 7.29. The highest BCUT2D eigenvalue weighted by atomic mass is 16.5. The molecule has 3 atom stereocenters. The van der Waals surface area contributed by atoms with E-state index < -0.39 is 0 Å². The van der Waals surface area contributed by atoms with E-state index in [0.29, 0.717) is 18.1 Å². The largest absolute Gasteiger partial charge is 0.488 e. The third kappa shape index (κ3) is 1.71. The van der Waals surface area contributed by atoms with Gasteiger partial charge in [-0.05, 0) is 42.7 Å². The summed E-state index contributed by atoms with van der Waals surface area (Å²) in [6.07, 6.45) is 5.87. The van der Waals surface area contributed by atoms with Crippen LogP contribution in [0.4, 0.5) is 0 Å². The average molecular weight is 260 g/mol. The van der Waals surface area contributed by atoms with E-state index in [1.54, 1.807) is 6.20 Å². The van der Waals surface area contributed by atoms with Gasteiger partial charge in [-0.3, -0.25) is 4.98 Å². The SMILES string of the molecule is CC1(C)C2CCC1(C)C(Oc1cccnc1CN)C2. The summed E-state index contributed by atoms with van der Waals surface area (Å²) in [6.45, 7) is 7.64. The Bertz CT molecular complexity index is 485.